The Kier molecular flexibility index (Phi) is 4.59. The van der Waals surface area contributed by atoms with E-state index in [1.807, 2.05) is 49.2 Å². The molecule has 24 heavy (non-hydrogen) atoms. The average molecular weight is 329 g/mol. The van der Waals surface area contributed by atoms with Crippen LogP contribution in [0.3, 0.4) is 0 Å². The van der Waals surface area contributed by atoms with Crippen LogP contribution in [-0.4, -0.2) is 54.0 Å². The number of hydrogen-bond donors (Lipinski definition) is 1. The molecule has 0 atom stereocenters. The van der Waals surface area contributed by atoms with E-state index in [9.17, 15) is 4.79 Å². The van der Waals surface area contributed by atoms with Gasteiger partial charge in [-0.15, -0.1) is 0 Å². The highest BCUT2D eigenvalue weighted by molar-refractivity contribution is 5.88. The summed E-state index contributed by atoms with van der Waals surface area (Å²) in [5.74, 6) is 1.45. The highest BCUT2D eigenvalue weighted by Gasteiger charge is 2.23. The number of anilines is 2. The van der Waals surface area contributed by atoms with Crippen molar-refractivity contribution in [2.45, 2.75) is 6.92 Å². The molecule has 1 aliphatic rings. The van der Waals surface area contributed by atoms with Crippen LogP contribution in [0.15, 0.2) is 30.3 Å². The van der Waals surface area contributed by atoms with Crippen LogP contribution in [0.1, 0.15) is 5.69 Å². The lowest BCUT2D eigenvalue weighted by Crippen LogP contribution is -2.50. The van der Waals surface area contributed by atoms with Gasteiger partial charge in [-0.2, -0.15) is 5.10 Å². The lowest BCUT2D eigenvalue weighted by Gasteiger charge is -2.36. The summed E-state index contributed by atoms with van der Waals surface area (Å²) in [6, 6.07) is 9.72. The maximum absolute atomic E-state index is 12.4. The van der Waals surface area contributed by atoms with Crippen molar-refractivity contribution in [3.8, 4) is 5.75 Å². The smallest absolute Gasteiger partial charge is 0.323 e. The number of methoxy groups -OCH3 is 1. The van der Waals surface area contributed by atoms with Crippen LogP contribution in [0.25, 0.3) is 0 Å². The summed E-state index contributed by atoms with van der Waals surface area (Å²) in [6.45, 7) is 4.82. The van der Waals surface area contributed by atoms with E-state index >= 15 is 0 Å². The van der Waals surface area contributed by atoms with E-state index in [1.165, 1.54) is 0 Å². The van der Waals surface area contributed by atoms with E-state index in [0.29, 0.717) is 18.9 Å². The number of aryl methyl sites for hydroxylation is 2. The molecule has 2 amide bonds. The summed E-state index contributed by atoms with van der Waals surface area (Å²) in [6.07, 6.45) is 0. The standard InChI is InChI=1S/C17H23N5O2/c1-13-12-16(19-20(13)2)18-17(23)22-10-8-21(9-11-22)14-6-4-5-7-15(14)24-3/h4-7,12H,8-11H2,1-3H3,(H,18,19,23). The zero-order valence-electron chi connectivity index (χ0n) is 14.3. The zero-order chi connectivity index (χ0) is 17.1. The quantitative estimate of drug-likeness (QED) is 0.937. The lowest BCUT2D eigenvalue weighted by atomic mass is 10.2. The molecule has 3 rings (SSSR count). The van der Waals surface area contributed by atoms with E-state index in [2.05, 4.69) is 15.3 Å². The number of carbonyl (C=O) groups is 1. The van der Waals surface area contributed by atoms with Gasteiger partial charge in [0, 0.05) is 45.0 Å². The van der Waals surface area contributed by atoms with Crippen LogP contribution < -0.4 is 15.0 Å². The molecule has 0 aliphatic carbocycles. The van der Waals surface area contributed by atoms with Gasteiger partial charge in [-0.1, -0.05) is 12.1 Å². The molecule has 1 fully saturated rings. The van der Waals surface area contributed by atoms with Crippen LogP contribution in [0, 0.1) is 6.92 Å². The Morgan fingerprint density at radius 1 is 1.21 bits per heavy atom. The van der Waals surface area contributed by atoms with E-state index in [-0.39, 0.29) is 6.03 Å². The number of aromatic nitrogens is 2. The van der Waals surface area contributed by atoms with Gasteiger partial charge < -0.3 is 14.5 Å². The molecule has 0 spiro atoms. The molecule has 0 unspecified atom stereocenters. The SMILES string of the molecule is COc1ccccc1N1CCN(C(=O)Nc2cc(C)n(C)n2)CC1. The molecule has 1 aliphatic heterocycles. The van der Waals surface area contributed by atoms with Gasteiger partial charge in [0.25, 0.3) is 0 Å². The average Bonchev–Trinajstić information content (AvgIpc) is 2.92. The first kappa shape index (κ1) is 16.2. The third kappa shape index (κ3) is 3.29. The van der Waals surface area contributed by atoms with Crippen molar-refractivity contribution in [1.29, 1.82) is 0 Å². The number of amides is 2. The van der Waals surface area contributed by atoms with Crippen molar-refractivity contribution < 1.29 is 9.53 Å². The number of urea groups is 1. The number of carbonyl (C=O) groups excluding carboxylic acids is 1. The highest BCUT2D eigenvalue weighted by atomic mass is 16.5. The monoisotopic (exact) mass is 329 g/mol. The molecule has 1 aromatic heterocycles. The summed E-state index contributed by atoms with van der Waals surface area (Å²) in [5, 5.41) is 7.12. The molecule has 0 radical (unpaired) electrons. The van der Waals surface area contributed by atoms with Crippen LogP contribution in [0.5, 0.6) is 5.75 Å². The lowest BCUT2D eigenvalue weighted by molar-refractivity contribution is 0.208. The first-order chi connectivity index (χ1) is 11.6. The molecule has 2 aromatic rings. The van der Waals surface area contributed by atoms with Gasteiger partial charge in [0.15, 0.2) is 5.82 Å². The number of rotatable bonds is 3. The van der Waals surface area contributed by atoms with Crippen LogP contribution in [-0.2, 0) is 7.05 Å². The Balaban J connectivity index is 1.59. The second-order valence-electron chi connectivity index (χ2n) is 5.87. The van der Waals surface area contributed by atoms with Crippen molar-refractivity contribution >= 4 is 17.5 Å². The van der Waals surface area contributed by atoms with E-state index in [1.54, 1.807) is 11.8 Å². The second-order valence-corrected chi connectivity index (χ2v) is 5.87. The third-order valence-electron chi connectivity index (χ3n) is 4.34. The second kappa shape index (κ2) is 6.82. The molecule has 2 heterocycles. The number of piperazine rings is 1. The number of nitrogens with one attached hydrogen (secondary N) is 1. The minimum atomic E-state index is -0.104. The fourth-order valence-electron chi connectivity index (χ4n) is 2.85. The van der Waals surface area contributed by atoms with Gasteiger partial charge >= 0.3 is 6.03 Å². The molecule has 128 valence electrons. The maximum Gasteiger partial charge on any atom is 0.323 e. The molecule has 1 aromatic carbocycles. The fraction of sp³-hybridized carbons (Fsp3) is 0.412. The number of ether oxygens (including phenoxy) is 1. The number of nitrogens with zero attached hydrogens (tertiary/aromatic N) is 4. The van der Waals surface area contributed by atoms with Gasteiger partial charge in [0.05, 0.1) is 12.8 Å². The third-order valence-corrected chi connectivity index (χ3v) is 4.34. The summed E-state index contributed by atoms with van der Waals surface area (Å²) >= 11 is 0. The largest absolute Gasteiger partial charge is 0.495 e. The number of benzene rings is 1. The number of hydrogen-bond acceptors (Lipinski definition) is 4. The van der Waals surface area contributed by atoms with E-state index in [0.717, 1.165) is 30.2 Å². The van der Waals surface area contributed by atoms with Crippen LogP contribution in [0.2, 0.25) is 0 Å². The van der Waals surface area contributed by atoms with Crippen LogP contribution >= 0.6 is 0 Å². The maximum atomic E-state index is 12.4. The molecule has 7 heteroatoms. The molecule has 7 nitrogen and oxygen atoms in total. The van der Waals surface area contributed by atoms with Gasteiger partial charge in [-0.25, -0.2) is 4.79 Å². The Labute approximate surface area is 141 Å². The molecular weight excluding hydrogens is 306 g/mol. The van der Waals surface area contributed by atoms with Gasteiger partial charge in [-0.05, 0) is 19.1 Å². The van der Waals surface area contributed by atoms with Crippen molar-refractivity contribution in [3.63, 3.8) is 0 Å². The predicted octanol–water partition coefficient (Wildman–Crippen LogP) is 2.09. The van der Waals surface area contributed by atoms with Crippen LogP contribution in [0.4, 0.5) is 16.3 Å². The van der Waals surface area contributed by atoms with Gasteiger partial charge in [-0.3, -0.25) is 10.00 Å². The van der Waals surface area contributed by atoms with Crippen molar-refractivity contribution in [2.24, 2.45) is 7.05 Å². The van der Waals surface area contributed by atoms with E-state index < -0.39 is 0 Å². The molecular formula is C17H23N5O2. The molecule has 0 bridgehead atoms. The Hall–Kier alpha value is -2.70. The van der Waals surface area contributed by atoms with Gasteiger partial charge in [0.2, 0.25) is 0 Å². The predicted molar refractivity (Wildman–Crippen MR) is 93.7 cm³/mol. The molecule has 1 saturated heterocycles. The van der Waals surface area contributed by atoms with E-state index in [4.69, 9.17) is 4.74 Å². The van der Waals surface area contributed by atoms with Crippen molar-refractivity contribution in [3.05, 3.63) is 36.0 Å². The topological polar surface area (TPSA) is 62.6 Å². The Bertz CT molecular complexity index is 700. The summed E-state index contributed by atoms with van der Waals surface area (Å²) in [4.78, 5) is 16.4. The Morgan fingerprint density at radius 3 is 2.54 bits per heavy atom. The fourth-order valence-corrected chi connectivity index (χ4v) is 2.85. The summed E-state index contributed by atoms with van der Waals surface area (Å²) in [5.41, 5.74) is 2.08. The number of para-hydroxylation sites is 2. The summed E-state index contributed by atoms with van der Waals surface area (Å²) < 4.78 is 7.17. The highest BCUT2D eigenvalue weighted by Crippen LogP contribution is 2.28. The zero-order valence-corrected chi connectivity index (χ0v) is 14.3. The Morgan fingerprint density at radius 2 is 1.92 bits per heavy atom. The summed E-state index contributed by atoms with van der Waals surface area (Å²) in [7, 11) is 3.54. The minimum absolute atomic E-state index is 0.104. The van der Waals surface area contributed by atoms with Gasteiger partial charge in [0.1, 0.15) is 5.75 Å². The molecule has 1 N–H and O–H groups in total. The normalized spacial score (nSPS) is 14.6. The van der Waals surface area contributed by atoms with Crippen molar-refractivity contribution in [2.75, 3.05) is 43.5 Å². The molecule has 0 saturated carbocycles. The first-order valence-corrected chi connectivity index (χ1v) is 8.03. The minimum Gasteiger partial charge on any atom is -0.495 e. The first-order valence-electron chi connectivity index (χ1n) is 8.03. The van der Waals surface area contributed by atoms with Crippen molar-refractivity contribution in [1.82, 2.24) is 14.7 Å².